The summed E-state index contributed by atoms with van der Waals surface area (Å²) >= 11 is 9.87. The zero-order valence-corrected chi connectivity index (χ0v) is 13.7. The minimum Gasteiger partial charge on any atom is -0.207 e. The lowest BCUT2D eigenvalue weighted by Gasteiger charge is -2.16. The van der Waals surface area contributed by atoms with Crippen LogP contribution in [0.1, 0.15) is 33.2 Å². The van der Waals surface area contributed by atoms with Crippen LogP contribution in [0.2, 0.25) is 0 Å². The Labute approximate surface area is 130 Å². The molecule has 1 unspecified atom stereocenters. The molecule has 0 nitrogen and oxygen atoms in total. The Balaban J connectivity index is 2.54. The fourth-order valence-electron chi connectivity index (χ4n) is 2.12. The molecule has 0 saturated heterocycles. The van der Waals surface area contributed by atoms with Gasteiger partial charge in [0.25, 0.3) is 0 Å². The van der Waals surface area contributed by atoms with E-state index in [0.29, 0.717) is 11.1 Å². The predicted molar refractivity (Wildman–Crippen MR) is 82.4 cm³/mol. The van der Waals surface area contributed by atoms with E-state index in [0.717, 1.165) is 27.2 Å². The van der Waals surface area contributed by atoms with E-state index in [1.54, 1.807) is 6.92 Å². The van der Waals surface area contributed by atoms with Gasteiger partial charge in [0.2, 0.25) is 0 Å². The molecule has 2 rings (SSSR count). The van der Waals surface area contributed by atoms with E-state index in [-0.39, 0.29) is 0 Å². The lowest BCUT2D eigenvalue weighted by atomic mass is 9.96. The summed E-state index contributed by atoms with van der Waals surface area (Å²) in [6.45, 7) is 5.47. The summed E-state index contributed by atoms with van der Waals surface area (Å²) in [4.78, 5) is 0. The molecule has 4 heteroatoms. The molecular weight excluding hydrogens is 346 g/mol. The lowest BCUT2D eigenvalue weighted by Crippen LogP contribution is -2.02. The van der Waals surface area contributed by atoms with Gasteiger partial charge in [0, 0.05) is 16.1 Å². The van der Waals surface area contributed by atoms with Gasteiger partial charge in [-0.3, -0.25) is 0 Å². The smallest absolute Gasteiger partial charge is 0.131 e. The van der Waals surface area contributed by atoms with Crippen LogP contribution in [0.5, 0.6) is 0 Å². The Kier molecular flexibility index (Phi) is 4.50. The third-order valence-electron chi connectivity index (χ3n) is 3.37. The first kappa shape index (κ1) is 15.5. The number of hydrogen-bond donors (Lipinski definition) is 0. The SMILES string of the molecule is Cc1cc(C(Cl)c2cc(C)c(Br)cc2C)c(F)cc1F. The van der Waals surface area contributed by atoms with Gasteiger partial charge in [0.15, 0.2) is 0 Å². The van der Waals surface area contributed by atoms with Crippen LogP contribution in [0.4, 0.5) is 8.78 Å². The van der Waals surface area contributed by atoms with Gasteiger partial charge in [0.1, 0.15) is 11.6 Å². The summed E-state index contributed by atoms with van der Waals surface area (Å²) in [7, 11) is 0. The Morgan fingerprint density at radius 2 is 1.45 bits per heavy atom. The standard InChI is InChI=1S/C16H14BrClF2/c1-8-6-13(17)9(2)4-11(8)16(18)12-5-10(3)14(19)7-15(12)20/h4-7,16H,1-3H3. The lowest BCUT2D eigenvalue weighted by molar-refractivity contribution is 0.568. The van der Waals surface area contributed by atoms with Crippen molar-refractivity contribution in [2.24, 2.45) is 0 Å². The minimum atomic E-state index is -0.638. The van der Waals surface area contributed by atoms with Crippen LogP contribution >= 0.6 is 27.5 Å². The summed E-state index contributed by atoms with van der Waals surface area (Å²) in [6.07, 6.45) is 0. The quantitative estimate of drug-likeness (QED) is 0.579. The van der Waals surface area contributed by atoms with Gasteiger partial charge in [-0.15, -0.1) is 11.6 Å². The molecule has 0 aliphatic rings. The van der Waals surface area contributed by atoms with Crippen molar-refractivity contribution in [3.8, 4) is 0 Å². The van der Waals surface area contributed by atoms with E-state index in [4.69, 9.17) is 11.6 Å². The molecule has 0 fully saturated rings. The van der Waals surface area contributed by atoms with Crippen LogP contribution in [-0.4, -0.2) is 0 Å². The zero-order valence-electron chi connectivity index (χ0n) is 11.4. The number of hydrogen-bond acceptors (Lipinski definition) is 0. The third-order valence-corrected chi connectivity index (χ3v) is 4.70. The zero-order chi connectivity index (χ0) is 15.0. The maximum Gasteiger partial charge on any atom is 0.131 e. The number of halogens is 4. The molecule has 0 aliphatic heterocycles. The average Bonchev–Trinajstić information content (AvgIpc) is 2.37. The molecule has 20 heavy (non-hydrogen) atoms. The van der Waals surface area contributed by atoms with E-state index in [1.807, 2.05) is 26.0 Å². The molecule has 0 saturated carbocycles. The van der Waals surface area contributed by atoms with E-state index in [2.05, 4.69) is 15.9 Å². The first-order valence-electron chi connectivity index (χ1n) is 6.17. The van der Waals surface area contributed by atoms with E-state index < -0.39 is 17.0 Å². The van der Waals surface area contributed by atoms with Crippen molar-refractivity contribution < 1.29 is 8.78 Å². The Morgan fingerprint density at radius 1 is 0.850 bits per heavy atom. The predicted octanol–water partition coefficient (Wildman–Crippen LogP) is 5.98. The molecule has 2 aromatic rings. The number of aryl methyl sites for hydroxylation is 3. The highest BCUT2D eigenvalue weighted by molar-refractivity contribution is 9.10. The fraction of sp³-hybridized carbons (Fsp3) is 0.250. The van der Waals surface area contributed by atoms with Crippen LogP contribution in [-0.2, 0) is 0 Å². The minimum absolute atomic E-state index is 0.301. The molecule has 1 atom stereocenters. The first-order valence-corrected chi connectivity index (χ1v) is 7.40. The van der Waals surface area contributed by atoms with Crippen molar-refractivity contribution in [1.82, 2.24) is 0 Å². The Hall–Kier alpha value is -0.930. The maximum atomic E-state index is 13.9. The van der Waals surface area contributed by atoms with Crippen molar-refractivity contribution in [3.63, 3.8) is 0 Å². The number of rotatable bonds is 2. The summed E-state index contributed by atoms with van der Waals surface area (Å²) in [5, 5.41) is -0.638. The maximum absolute atomic E-state index is 13.9. The highest BCUT2D eigenvalue weighted by Crippen LogP contribution is 2.35. The Bertz CT molecular complexity index is 611. The van der Waals surface area contributed by atoms with E-state index >= 15 is 0 Å². The summed E-state index contributed by atoms with van der Waals surface area (Å²) in [6, 6.07) is 6.24. The van der Waals surface area contributed by atoms with Gasteiger partial charge in [-0.2, -0.15) is 0 Å². The highest BCUT2D eigenvalue weighted by Gasteiger charge is 2.19. The van der Waals surface area contributed by atoms with Crippen molar-refractivity contribution in [2.45, 2.75) is 26.1 Å². The highest BCUT2D eigenvalue weighted by atomic mass is 79.9. The van der Waals surface area contributed by atoms with Crippen LogP contribution in [0.25, 0.3) is 0 Å². The van der Waals surface area contributed by atoms with E-state index in [9.17, 15) is 8.78 Å². The van der Waals surface area contributed by atoms with Gasteiger partial charge < -0.3 is 0 Å². The molecule has 0 radical (unpaired) electrons. The van der Waals surface area contributed by atoms with Gasteiger partial charge in [-0.25, -0.2) is 8.78 Å². The van der Waals surface area contributed by atoms with Crippen LogP contribution in [0.3, 0.4) is 0 Å². The molecule has 0 N–H and O–H groups in total. The molecule has 2 aromatic carbocycles. The van der Waals surface area contributed by atoms with Crippen LogP contribution in [0.15, 0.2) is 28.7 Å². The molecule has 0 bridgehead atoms. The van der Waals surface area contributed by atoms with Crippen LogP contribution < -0.4 is 0 Å². The average molecular weight is 360 g/mol. The van der Waals surface area contributed by atoms with Crippen molar-refractivity contribution in [3.05, 3.63) is 68.2 Å². The first-order chi connectivity index (χ1) is 9.31. The van der Waals surface area contributed by atoms with Gasteiger partial charge in [-0.1, -0.05) is 22.0 Å². The molecular formula is C16H14BrClF2. The van der Waals surface area contributed by atoms with Crippen LogP contribution in [0, 0.1) is 32.4 Å². The van der Waals surface area contributed by atoms with E-state index in [1.165, 1.54) is 6.07 Å². The van der Waals surface area contributed by atoms with Crippen molar-refractivity contribution >= 4 is 27.5 Å². The molecule has 0 spiro atoms. The topological polar surface area (TPSA) is 0 Å². The largest absolute Gasteiger partial charge is 0.207 e. The second-order valence-electron chi connectivity index (χ2n) is 4.94. The fourth-order valence-corrected chi connectivity index (χ4v) is 2.98. The molecule has 106 valence electrons. The molecule has 0 heterocycles. The summed E-state index contributed by atoms with van der Waals surface area (Å²) < 4.78 is 28.3. The number of benzene rings is 2. The molecule has 0 amide bonds. The number of alkyl halides is 1. The summed E-state index contributed by atoms with van der Waals surface area (Å²) in [5.41, 5.74) is 3.51. The molecule has 0 aliphatic carbocycles. The molecule has 0 aromatic heterocycles. The monoisotopic (exact) mass is 358 g/mol. The van der Waals surface area contributed by atoms with Gasteiger partial charge in [-0.05, 0) is 55.2 Å². The van der Waals surface area contributed by atoms with Gasteiger partial charge >= 0.3 is 0 Å². The van der Waals surface area contributed by atoms with Crippen molar-refractivity contribution in [1.29, 1.82) is 0 Å². The second kappa shape index (κ2) is 5.82. The normalized spacial score (nSPS) is 12.6. The summed E-state index contributed by atoms with van der Waals surface area (Å²) in [5.74, 6) is -1.17. The Morgan fingerprint density at radius 3 is 2.10 bits per heavy atom. The van der Waals surface area contributed by atoms with Gasteiger partial charge in [0.05, 0.1) is 5.38 Å². The second-order valence-corrected chi connectivity index (χ2v) is 6.23. The third kappa shape index (κ3) is 2.89. The van der Waals surface area contributed by atoms with Crippen molar-refractivity contribution in [2.75, 3.05) is 0 Å².